The molecular formula is C31H35N3O7. The van der Waals surface area contributed by atoms with Gasteiger partial charge in [-0.3, -0.25) is 9.80 Å². The first-order valence-electron chi connectivity index (χ1n) is 14.0. The molecule has 0 aliphatic carbocycles. The maximum Gasteiger partial charge on any atom is 0.514 e. The molecule has 4 heterocycles. The molecule has 2 aromatic carbocycles. The standard InChI is InChI=1S/C31H35N3O7/c1-7-9-38-31(36)41-28-16(4)29-30(40-14-39-29)24-18(28)12-21-25-23-17(10-15(3)27(37-6)26(23)35)11-20(33(25)5)22(13-32)34(21)19(24)8-2/h7,10,19-22,25,35H,1,8-9,11-12,14H2,2-6H3/t19-,20-,21?,22-,25+/m0/s1. The lowest BCUT2D eigenvalue weighted by molar-refractivity contribution is -0.0736. The van der Waals surface area contributed by atoms with E-state index in [0.29, 0.717) is 47.8 Å². The Morgan fingerprint density at radius 2 is 1.98 bits per heavy atom. The van der Waals surface area contributed by atoms with Crippen molar-refractivity contribution in [2.24, 2.45) is 0 Å². The molecule has 4 aliphatic heterocycles. The van der Waals surface area contributed by atoms with Crippen molar-refractivity contribution >= 4 is 6.16 Å². The van der Waals surface area contributed by atoms with Gasteiger partial charge in [0.05, 0.1) is 19.2 Å². The van der Waals surface area contributed by atoms with Gasteiger partial charge in [-0.1, -0.05) is 25.6 Å². The molecule has 6 rings (SSSR count). The highest BCUT2D eigenvalue weighted by Gasteiger charge is 2.56. The first kappa shape index (κ1) is 27.2. The molecular weight excluding hydrogens is 526 g/mol. The molecule has 41 heavy (non-hydrogen) atoms. The van der Waals surface area contributed by atoms with Crippen LogP contribution in [0.2, 0.25) is 0 Å². The number of carbonyl (C=O) groups excluding carboxylic acids is 1. The number of aromatic hydroxyl groups is 1. The zero-order valence-corrected chi connectivity index (χ0v) is 24.0. The largest absolute Gasteiger partial charge is 0.514 e. The first-order valence-corrected chi connectivity index (χ1v) is 14.0. The predicted octanol–water partition coefficient (Wildman–Crippen LogP) is 4.63. The Morgan fingerprint density at radius 1 is 1.22 bits per heavy atom. The van der Waals surface area contributed by atoms with Gasteiger partial charge in [-0.2, -0.15) is 5.26 Å². The van der Waals surface area contributed by atoms with Gasteiger partial charge in [0.2, 0.25) is 6.79 Å². The van der Waals surface area contributed by atoms with E-state index in [1.807, 2.05) is 20.9 Å². The summed E-state index contributed by atoms with van der Waals surface area (Å²) < 4.78 is 28.5. The van der Waals surface area contributed by atoms with Gasteiger partial charge in [-0.15, -0.1) is 0 Å². The zero-order valence-electron chi connectivity index (χ0n) is 24.0. The van der Waals surface area contributed by atoms with Crippen LogP contribution in [0.5, 0.6) is 28.7 Å². The summed E-state index contributed by atoms with van der Waals surface area (Å²) in [6.07, 6.45) is 2.40. The number of hydrogen-bond donors (Lipinski definition) is 1. The van der Waals surface area contributed by atoms with Crippen molar-refractivity contribution in [3.8, 4) is 34.8 Å². The van der Waals surface area contributed by atoms with E-state index in [0.717, 1.165) is 27.8 Å². The smallest absolute Gasteiger partial charge is 0.504 e. The van der Waals surface area contributed by atoms with E-state index < -0.39 is 12.2 Å². The normalized spacial score (nSPS) is 25.8. The van der Waals surface area contributed by atoms with Gasteiger partial charge in [0.25, 0.3) is 0 Å². The quantitative estimate of drug-likeness (QED) is 0.315. The molecule has 0 saturated carbocycles. The van der Waals surface area contributed by atoms with Crippen molar-refractivity contribution < 1.29 is 33.6 Å². The van der Waals surface area contributed by atoms with Crippen LogP contribution in [-0.2, 0) is 17.6 Å². The highest BCUT2D eigenvalue weighted by atomic mass is 16.7. The minimum Gasteiger partial charge on any atom is -0.504 e. The van der Waals surface area contributed by atoms with Gasteiger partial charge in [-0.05, 0) is 51.3 Å². The molecule has 4 aliphatic rings. The summed E-state index contributed by atoms with van der Waals surface area (Å²) in [6.45, 7) is 9.53. The number of phenolic OH excluding ortho intramolecular Hbond substituents is 1. The fourth-order valence-electron chi connectivity index (χ4n) is 7.61. The highest BCUT2D eigenvalue weighted by molar-refractivity contribution is 5.72. The number of phenols is 1. The van der Waals surface area contributed by atoms with Gasteiger partial charge in [0.1, 0.15) is 18.4 Å². The Labute approximate surface area is 239 Å². The van der Waals surface area contributed by atoms with E-state index >= 15 is 0 Å². The van der Waals surface area contributed by atoms with Crippen molar-refractivity contribution in [3.63, 3.8) is 0 Å². The molecule has 0 amide bonds. The number of aryl methyl sites for hydroxylation is 1. The molecule has 216 valence electrons. The summed E-state index contributed by atoms with van der Waals surface area (Å²) >= 11 is 0. The molecule has 5 atom stereocenters. The monoisotopic (exact) mass is 561 g/mol. The maximum atomic E-state index is 12.7. The SMILES string of the molecule is C=CCOC(=O)Oc1c(C)c2c(c3c1CC1[C@@H]4c5c(cc(C)c(OC)c5O)C[C@@H]([C@H](C#N)N1[C@H]3CC)N4C)OCO2. The molecule has 1 unspecified atom stereocenters. The minimum atomic E-state index is -0.832. The van der Waals surface area contributed by atoms with Gasteiger partial charge < -0.3 is 28.8 Å². The fraction of sp³-hybridized carbons (Fsp3) is 0.484. The van der Waals surface area contributed by atoms with E-state index in [2.05, 4.69) is 35.4 Å². The van der Waals surface area contributed by atoms with E-state index in [9.17, 15) is 15.2 Å². The second-order valence-electron chi connectivity index (χ2n) is 11.1. The lowest BCUT2D eigenvalue weighted by Gasteiger charge is -2.60. The Morgan fingerprint density at radius 3 is 2.66 bits per heavy atom. The van der Waals surface area contributed by atoms with Gasteiger partial charge in [0.15, 0.2) is 23.0 Å². The van der Waals surface area contributed by atoms with Crippen molar-refractivity contribution in [1.29, 1.82) is 5.26 Å². The summed E-state index contributed by atoms with van der Waals surface area (Å²) in [4.78, 5) is 17.2. The van der Waals surface area contributed by atoms with E-state index in [4.69, 9.17) is 23.7 Å². The number of methoxy groups -OCH3 is 1. The second-order valence-corrected chi connectivity index (χ2v) is 11.1. The first-order chi connectivity index (χ1) is 19.8. The second kappa shape index (κ2) is 10.2. The van der Waals surface area contributed by atoms with Crippen LogP contribution >= 0.6 is 0 Å². The van der Waals surface area contributed by atoms with Gasteiger partial charge in [0, 0.05) is 40.4 Å². The Kier molecular flexibility index (Phi) is 6.75. The number of benzene rings is 2. The summed E-state index contributed by atoms with van der Waals surface area (Å²) in [5.74, 6) is 2.16. The van der Waals surface area contributed by atoms with E-state index in [1.54, 1.807) is 7.11 Å². The Hall–Kier alpha value is -3.94. The Bertz CT molecular complexity index is 1480. The van der Waals surface area contributed by atoms with Crippen LogP contribution in [0, 0.1) is 25.2 Å². The van der Waals surface area contributed by atoms with Crippen LogP contribution in [0.4, 0.5) is 4.79 Å². The molecule has 1 N–H and O–H groups in total. The van der Waals surface area contributed by atoms with Gasteiger partial charge in [-0.25, -0.2) is 4.79 Å². The van der Waals surface area contributed by atoms with E-state index in [-0.39, 0.29) is 43.3 Å². The average Bonchev–Trinajstić information content (AvgIpc) is 3.44. The number of hydrogen-bond acceptors (Lipinski definition) is 10. The summed E-state index contributed by atoms with van der Waals surface area (Å²) in [5, 5.41) is 22.2. The number of likely N-dealkylation sites (N-methyl/N-ethyl adjacent to an activating group) is 1. The van der Waals surface area contributed by atoms with Crippen molar-refractivity contribution in [2.45, 2.75) is 70.2 Å². The number of fused-ring (bicyclic) bond motifs is 9. The number of rotatable bonds is 5. The molecule has 0 radical (unpaired) electrons. The summed E-state index contributed by atoms with van der Waals surface area (Å²) in [5.41, 5.74) is 5.06. The lowest BCUT2D eigenvalue weighted by atomic mass is 9.71. The molecule has 10 nitrogen and oxygen atoms in total. The average molecular weight is 562 g/mol. The molecule has 1 fully saturated rings. The summed E-state index contributed by atoms with van der Waals surface area (Å²) in [6, 6.07) is 3.52. The number of nitriles is 1. The molecule has 0 aromatic heterocycles. The molecule has 1 saturated heterocycles. The van der Waals surface area contributed by atoms with Crippen molar-refractivity contribution in [2.75, 3.05) is 27.6 Å². The number of piperazine rings is 1. The van der Waals surface area contributed by atoms with Crippen LogP contribution in [0.3, 0.4) is 0 Å². The van der Waals surface area contributed by atoms with E-state index in [1.165, 1.54) is 6.08 Å². The highest BCUT2D eigenvalue weighted by Crippen LogP contribution is 2.58. The van der Waals surface area contributed by atoms with Crippen LogP contribution in [0.15, 0.2) is 18.7 Å². The minimum absolute atomic E-state index is 0.0219. The Balaban J connectivity index is 1.57. The van der Waals surface area contributed by atoms with Crippen LogP contribution < -0.4 is 18.9 Å². The molecule has 10 heteroatoms. The number of carbonyl (C=O) groups is 1. The molecule has 2 aromatic rings. The van der Waals surface area contributed by atoms with Gasteiger partial charge >= 0.3 is 6.16 Å². The third-order valence-corrected chi connectivity index (χ3v) is 9.16. The van der Waals surface area contributed by atoms with Crippen molar-refractivity contribution in [3.05, 3.63) is 52.1 Å². The molecule has 2 bridgehead atoms. The summed E-state index contributed by atoms with van der Waals surface area (Å²) in [7, 11) is 3.59. The third-order valence-electron chi connectivity index (χ3n) is 9.16. The zero-order chi connectivity index (χ0) is 29.2. The fourth-order valence-corrected chi connectivity index (χ4v) is 7.61. The topological polar surface area (TPSA) is 114 Å². The lowest BCUT2D eigenvalue weighted by Crippen LogP contribution is -2.68. The third kappa shape index (κ3) is 3.86. The number of nitrogens with zero attached hydrogens (tertiary/aromatic N) is 3. The molecule has 0 spiro atoms. The van der Waals surface area contributed by atoms with Crippen molar-refractivity contribution in [1.82, 2.24) is 9.80 Å². The number of ether oxygens (including phenoxy) is 5. The van der Waals surface area contributed by atoms with Crippen LogP contribution in [0.1, 0.15) is 58.8 Å². The maximum absolute atomic E-state index is 12.7. The van der Waals surface area contributed by atoms with Crippen LogP contribution in [-0.4, -0.2) is 66.7 Å². The van der Waals surface area contributed by atoms with Crippen LogP contribution in [0.25, 0.3) is 0 Å². The predicted molar refractivity (Wildman–Crippen MR) is 149 cm³/mol.